The van der Waals surface area contributed by atoms with Crippen LogP contribution in [-0.4, -0.2) is 42.1 Å². The molecule has 0 spiro atoms. The zero-order chi connectivity index (χ0) is 21.8. The Balaban J connectivity index is 1.41. The molecule has 4 rings (SSSR count). The fourth-order valence-electron chi connectivity index (χ4n) is 3.76. The van der Waals surface area contributed by atoms with Gasteiger partial charge >= 0.3 is 0 Å². The molecule has 0 aliphatic carbocycles. The Labute approximate surface area is 192 Å². The number of anilines is 1. The van der Waals surface area contributed by atoms with Crippen molar-refractivity contribution in [1.29, 1.82) is 0 Å². The summed E-state index contributed by atoms with van der Waals surface area (Å²) in [5.74, 6) is -0.119. The molecule has 1 aliphatic heterocycles. The molecule has 31 heavy (non-hydrogen) atoms. The van der Waals surface area contributed by atoms with Crippen molar-refractivity contribution >= 4 is 34.5 Å². The van der Waals surface area contributed by atoms with Crippen molar-refractivity contribution in [3.63, 3.8) is 0 Å². The van der Waals surface area contributed by atoms with Crippen molar-refractivity contribution in [1.82, 2.24) is 9.88 Å². The van der Waals surface area contributed by atoms with Crippen LogP contribution in [0.5, 0.6) is 0 Å². The van der Waals surface area contributed by atoms with E-state index in [4.69, 9.17) is 21.3 Å². The Hall–Kier alpha value is -2.25. The number of rotatable bonds is 6. The molecule has 1 aromatic heterocycles. The van der Waals surface area contributed by atoms with Gasteiger partial charge in [-0.1, -0.05) is 35.9 Å². The molecule has 0 bridgehead atoms. The van der Waals surface area contributed by atoms with E-state index in [0.29, 0.717) is 10.7 Å². The van der Waals surface area contributed by atoms with Crippen LogP contribution in [0.1, 0.15) is 22.4 Å². The first kappa shape index (κ1) is 22.0. The van der Waals surface area contributed by atoms with Crippen LogP contribution in [0.4, 0.5) is 5.69 Å². The number of aromatic nitrogens is 1. The first-order valence-corrected chi connectivity index (χ1v) is 11.6. The maximum atomic E-state index is 12.6. The van der Waals surface area contributed by atoms with E-state index in [1.54, 1.807) is 11.3 Å². The largest absolute Gasteiger partial charge is 0.379 e. The predicted molar refractivity (Wildman–Crippen MR) is 127 cm³/mol. The topological polar surface area (TPSA) is 54.5 Å². The van der Waals surface area contributed by atoms with Gasteiger partial charge in [0.1, 0.15) is 5.01 Å². The molecule has 1 amide bonds. The zero-order valence-corrected chi connectivity index (χ0v) is 19.4. The molecule has 1 aliphatic rings. The fourth-order valence-corrected chi connectivity index (χ4v) is 4.95. The van der Waals surface area contributed by atoms with Crippen LogP contribution in [0.3, 0.4) is 0 Å². The van der Waals surface area contributed by atoms with E-state index < -0.39 is 0 Å². The SMILES string of the molecule is Cc1cc(C)c(NC(=O)Cc2csc(-c3cccc(CN4CCOCC4)c3)n2)c(Cl)c1. The van der Waals surface area contributed by atoms with Gasteiger partial charge in [0.2, 0.25) is 5.91 Å². The molecular weight excluding hydrogens is 430 g/mol. The highest BCUT2D eigenvalue weighted by atomic mass is 35.5. The Kier molecular flexibility index (Phi) is 7.02. The van der Waals surface area contributed by atoms with Gasteiger partial charge in [0.15, 0.2) is 0 Å². The normalized spacial score (nSPS) is 14.5. The second-order valence-corrected chi connectivity index (χ2v) is 9.16. The molecule has 162 valence electrons. The van der Waals surface area contributed by atoms with Gasteiger partial charge in [-0.25, -0.2) is 4.98 Å². The number of benzene rings is 2. The van der Waals surface area contributed by atoms with Crippen molar-refractivity contribution in [2.45, 2.75) is 26.8 Å². The van der Waals surface area contributed by atoms with Gasteiger partial charge in [-0.05, 0) is 42.7 Å². The van der Waals surface area contributed by atoms with Crippen molar-refractivity contribution in [2.75, 3.05) is 31.6 Å². The van der Waals surface area contributed by atoms with Gasteiger partial charge < -0.3 is 10.1 Å². The number of nitrogens with one attached hydrogen (secondary N) is 1. The summed E-state index contributed by atoms with van der Waals surface area (Å²) in [5, 5.41) is 6.37. The molecular formula is C24H26ClN3O2S. The molecule has 2 aromatic carbocycles. The number of aryl methyl sites for hydroxylation is 2. The van der Waals surface area contributed by atoms with Crippen LogP contribution in [0.15, 0.2) is 41.8 Å². The lowest BCUT2D eigenvalue weighted by Crippen LogP contribution is -2.35. The highest BCUT2D eigenvalue weighted by molar-refractivity contribution is 7.13. The van der Waals surface area contributed by atoms with Crippen molar-refractivity contribution in [3.8, 4) is 10.6 Å². The van der Waals surface area contributed by atoms with Crippen LogP contribution >= 0.6 is 22.9 Å². The van der Waals surface area contributed by atoms with Crippen LogP contribution in [0.25, 0.3) is 10.6 Å². The maximum absolute atomic E-state index is 12.6. The quantitative estimate of drug-likeness (QED) is 0.562. The molecule has 0 unspecified atom stereocenters. The van der Waals surface area contributed by atoms with Gasteiger partial charge in [0.05, 0.1) is 36.0 Å². The van der Waals surface area contributed by atoms with Crippen LogP contribution in [-0.2, 0) is 22.5 Å². The number of amides is 1. The van der Waals surface area contributed by atoms with Gasteiger partial charge in [-0.2, -0.15) is 0 Å². The second kappa shape index (κ2) is 9.92. The van der Waals surface area contributed by atoms with Gasteiger partial charge in [-0.15, -0.1) is 11.3 Å². The monoisotopic (exact) mass is 455 g/mol. The van der Waals surface area contributed by atoms with E-state index >= 15 is 0 Å². The molecule has 1 N–H and O–H groups in total. The van der Waals surface area contributed by atoms with E-state index in [0.717, 1.165) is 60.2 Å². The molecule has 1 saturated heterocycles. The third-order valence-corrected chi connectivity index (χ3v) is 6.51. The summed E-state index contributed by atoms with van der Waals surface area (Å²) in [7, 11) is 0. The van der Waals surface area contributed by atoms with Crippen molar-refractivity contribution < 1.29 is 9.53 Å². The molecule has 3 aromatic rings. The number of hydrogen-bond donors (Lipinski definition) is 1. The molecule has 0 radical (unpaired) electrons. The smallest absolute Gasteiger partial charge is 0.230 e. The third-order valence-electron chi connectivity index (χ3n) is 5.27. The van der Waals surface area contributed by atoms with Gasteiger partial charge in [0, 0.05) is 30.6 Å². The lowest BCUT2D eigenvalue weighted by Gasteiger charge is -2.26. The van der Waals surface area contributed by atoms with E-state index in [2.05, 4.69) is 34.5 Å². The summed E-state index contributed by atoms with van der Waals surface area (Å²) in [4.78, 5) is 19.7. The summed E-state index contributed by atoms with van der Waals surface area (Å²) in [6.07, 6.45) is 0.216. The highest BCUT2D eigenvalue weighted by Gasteiger charge is 2.14. The molecule has 0 atom stereocenters. The minimum absolute atomic E-state index is 0.119. The third kappa shape index (κ3) is 5.71. The predicted octanol–water partition coefficient (Wildman–Crippen LogP) is 5.09. The highest BCUT2D eigenvalue weighted by Crippen LogP contribution is 2.28. The molecule has 1 fully saturated rings. The Morgan fingerprint density at radius 2 is 2.03 bits per heavy atom. The summed E-state index contributed by atoms with van der Waals surface area (Å²) in [6.45, 7) is 8.36. The molecule has 7 heteroatoms. The van der Waals surface area contributed by atoms with Gasteiger partial charge in [0.25, 0.3) is 0 Å². The molecule has 5 nitrogen and oxygen atoms in total. The van der Waals surface area contributed by atoms with E-state index in [1.165, 1.54) is 5.56 Å². The number of ether oxygens (including phenoxy) is 1. The number of halogens is 1. The number of morpholine rings is 1. The number of nitrogens with zero attached hydrogens (tertiary/aromatic N) is 2. The van der Waals surface area contributed by atoms with Crippen molar-refractivity contribution in [3.05, 3.63) is 69.2 Å². The van der Waals surface area contributed by atoms with E-state index in [9.17, 15) is 4.79 Å². The first-order chi connectivity index (χ1) is 15.0. The number of carbonyl (C=O) groups excluding carboxylic acids is 1. The van der Waals surface area contributed by atoms with Crippen LogP contribution < -0.4 is 5.32 Å². The minimum atomic E-state index is -0.119. The Bertz CT molecular complexity index is 1050. The average Bonchev–Trinajstić information content (AvgIpc) is 3.20. The Morgan fingerprint density at radius 3 is 2.81 bits per heavy atom. The lowest BCUT2D eigenvalue weighted by atomic mass is 10.1. The summed E-state index contributed by atoms with van der Waals surface area (Å²) in [6, 6.07) is 12.3. The lowest BCUT2D eigenvalue weighted by molar-refractivity contribution is -0.115. The molecule has 2 heterocycles. The second-order valence-electron chi connectivity index (χ2n) is 7.90. The average molecular weight is 456 g/mol. The maximum Gasteiger partial charge on any atom is 0.230 e. The van der Waals surface area contributed by atoms with E-state index in [-0.39, 0.29) is 12.3 Å². The number of carbonyl (C=O) groups is 1. The molecule has 0 saturated carbocycles. The fraction of sp³-hybridized carbons (Fsp3) is 0.333. The summed E-state index contributed by atoms with van der Waals surface area (Å²) >= 11 is 7.88. The summed E-state index contributed by atoms with van der Waals surface area (Å²) < 4.78 is 5.43. The first-order valence-electron chi connectivity index (χ1n) is 10.4. The number of thiazole rings is 1. The van der Waals surface area contributed by atoms with Crippen LogP contribution in [0.2, 0.25) is 5.02 Å². The summed E-state index contributed by atoms with van der Waals surface area (Å²) in [5.41, 5.74) is 5.80. The number of hydrogen-bond acceptors (Lipinski definition) is 5. The van der Waals surface area contributed by atoms with Crippen LogP contribution in [0, 0.1) is 13.8 Å². The Morgan fingerprint density at radius 1 is 1.23 bits per heavy atom. The van der Waals surface area contributed by atoms with E-state index in [1.807, 2.05) is 31.4 Å². The minimum Gasteiger partial charge on any atom is -0.379 e. The zero-order valence-electron chi connectivity index (χ0n) is 17.8. The standard InChI is InChI=1S/C24H26ClN3O2S/c1-16-10-17(2)23(21(25)11-16)27-22(29)13-20-15-31-24(26-20)19-5-3-4-18(12-19)14-28-6-8-30-9-7-28/h3-5,10-12,15H,6-9,13-14H2,1-2H3,(H,27,29). The van der Waals surface area contributed by atoms with Crippen molar-refractivity contribution in [2.24, 2.45) is 0 Å². The van der Waals surface area contributed by atoms with Gasteiger partial charge in [-0.3, -0.25) is 9.69 Å².